The minimum absolute atomic E-state index is 0.313. The van der Waals surface area contributed by atoms with Gasteiger partial charge in [0.2, 0.25) is 5.91 Å². The lowest BCUT2D eigenvalue weighted by Crippen LogP contribution is -2.17. The Kier molecular flexibility index (Phi) is 7.09. The van der Waals surface area contributed by atoms with E-state index in [1.807, 2.05) is 0 Å². The number of amides is 1. The molecule has 0 radical (unpaired) electrons. The lowest BCUT2D eigenvalue weighted by Gasteiger charge is -2.11. The number of hydrogen-bond acceptors (Lipinski definition) is 3. The number of unbranched alkanes of at least 4 members (excludes halogenated alkanes) is 3. The minimum atomic E-state index is -0.313. The Balaban J connectivity index is 2.18. The maximum Gasteiger partial charge on any atom is 0.243 e. The van der Waals surface area contributed by atoms with Crippen molar-refractivity contribution in [1.82, 2.24) is 5.48 Å². The Hall–Kier alpha value is -1.55. The van der Waals surface area contributed by atoms with Gasteiger partial charge in [-0.1, -0.05) is 18.9 Å². The zero-order valence-electron chi connectivity index (χ0n) is 12.7. The number of ether oxygens (including phenoxy) is 1. The van der Waals surface area contributed by atoms with Gasteiger partial charge in [0.1, 0.15) is 5.75 Å². The van der Waals surface area contributed by atoms with Crippen LogP contribution in [0.2, 0.25) is 0 Å². The lowest BCUT2D eigenvalue weighted by atomic mass is 10.1. The number of aryl methyl sites for hydroxylation is 3. The molecule has 0 spiro atoms. The first-order valence-corrected chi connectivity index (χ1v) is 7.18. The number of nitrogens with one attached hydrogen (secondary N) is 1. The number of rotatable bonds is 8. The topological polar surface area (TPSA) is 58.6 Å². The predicted molar refractivity (Wildman–Crippen MR) is 79.2 cm³/mol. The third-order valence-corrected chi connectivity index (χ3v) is 3.47. The highest BCUT2D eigenvalue weighted by Crippen LogP contribution is 2.22. The van der Waals surface area contributed by atoms with Crippen molar-refractivity contribution in [3.63, 3.8) is 0 Å². The highest BCUT2D eigenvalue weighted by Gasteiger charge is 2.03. The van der Waals surface area contributed by atoms with Gasteiger partial charge in [-0.05, 0) is 56.4 Å². The molecule has 4 heteroatoms. The van der Waals surface area contributed by atoms with Gasteiger partial charge in [0.25, 0.3) is 0 Å². The number of hydroxylamine groups is 1. The van der Waals surface area contributed by atoms with Gasteiger partial charge in [-0.2, -0.15) is 0 Å². The number of benzene rings is 1. The van der Waals surface area contributed by atoms with E-state index in [1.165, 1.54) is 16.7 Å². The van der Waals surface area contributed by atoms with E-state index in [1.54, 1.807) is 5.48 Å². The molecule has 1 aromatic rings. The summed E-state index contributed by atoms with van der Waals surface area (Å²) < 4.78 is 5.80. The van der Waals surface area contributed by atoms with Crippen LogP contribution in [0.25, 0.3) is 0 Å². The van der Waals surface area contributed by atoms with Crippen molar-refractivity contribution in [1.29, 1.82) is 0 Å². The average Bonchev–Trinajstić information content (AvgIpc) is 2.42. The van der Waals surface area contributed by atoms with Gasteiger partial charge in [0.15, 0.2) is 0 Å². The van der Waals surface area contributed by atoms with E-state index in [-0.39, 0.29) is 5.91 Å². The van der Waals surface area contributed by atoms with E-state index in [9.17, 15) is 4.79 Å². The third-order valence-electron chi connectivity index (χ3n) is 3.47. The van der Waals surface area contributed by atoms with Crippen molar-refractivity contribution in [3.8, 4) is 5.75 Å². The van der Waals surface area contributed by atoms with Crippen LogP contribution < -0.4 is 10.2 Å². The lowest BCUT2D eigenvalue weighted by molar-refractivity contribution is -0.129. The molecule has 20 heavy (non-hydrogen) atoms. The van der Waals surface area contributed by atoms with Gasteiger partial charge < -0.3 is 4.74 Å². The Labute approximate surface area is 121 Å². The monoisotopic (exact) mass is 279 g/mol. The van der Waals surface area contributed by atoms with E-state index in [4.69, 9.17) is 9.94 Å². The summed E-state index contributed by atoms with van der Waals surface area (Å²) in [5.74, 6) is 0.653. The molecular formula is C16H25NO3. The van der Waals surface area contributed by atoms with E-state index >= 15 is 0 Å². The van der Waals surface area contributed by atoms with Crippen molar-refractivity contribution in [2.24, 2.45) is 0 Å². The highest BCUT2D eigenvalue weighted by atomic mass is 16.5. The van der Waals surface area contributed by atoms with E-state index in [2.05, 4.69) is 32.9 Å². The first-order valence-electron chi connectivity index (χ1n) is 7.18. The maximum atomic E-state index is 10.8. The van der Waals surface area contributed by atoms with Gasteiger partial charge in [0, 0.05) is 6.42 Å². The van der Waals surface area contributed by atoms with Crippen LogP contribution in [0.15, 0.2) is 12.1 Å². The van der Waals surface area contributed by atoms with Gasteiger partial charge >= 0.3 is 0 Å². The summed E-state index contributed by atoms with van der Waals surface area (Å²) in [5, 5.41) is 8.35. The van der Waals surface area contributed by atoms with Crippen LogP contribution >= 0.6 is 0 Å². The van der Waals surface area contributed by atoms with Crippen LogP contribution in [0.5, 0.6) is 5.75 Å². The number of hydrogen-bond donors (Lipinski definition) is 2. The highest BCUT2D eigenvalue weighted by molar-refractivity contribution is 5.74. The van der Waals surface area contributed by atoms with Crippen LogP contribution in [0.1, 0.15) is 48.8 Å². The second-order valence-corrected chi connectivity index (χ2v) is 5.25. The second kappa shape index (κ2) is 8.59. The van der Waals surface area contributed by atoms with Crippen LogP contribution in [-0.4, -0.2) is 17.7 Å². The van der Waals surface area contributed by atoms with Gasteiger partial charge in [-0.15, -0.1) is 0 Å². The standard InChI is InChI=1S/C16H25NO3/c1-12-10-14(3)15(11-13(12)2)20-9-7-5-4-6-8-16(18)17-19/h10-11,19H,4-9H2,1-3H3,(H,17,18). The quantitative estimate of drug-likeness (QED) is 0.435. The van der Waals surface area contributed by atoms with Crippen molar-refractivity contribution in [3.05, 3.63) is 28.8 Å². The summed E-state index contributed by atoms with van der Waals surface area (Å²) in [4.78, 5) is 10.8. The van der Waals surface area contributed by atoms with Crippen LogP contribution in [0.3, 0.4) is 0 Å². The molecule has 112 valence electrons. The zero-order valence-corrected chi connectivity index (χ0v) is 12.7. The molecule has 2 N–H and O–H groups in total. The van der Waals surface area contributed by atoms with Gasteiger partial charge in [-0.3, -0.25) is 10.0 Å². The van der Waals surface area contributed by atoms with Crippen molar-refractivity contribution < 1.29 is 14.7 Å². The molecule has 1 aromatic carbocycles. The summed E-state index contributed by atoms with van der Waals surface area (Å²) in [5.41, 5.74) is 5.35. The molecular weight excluding hydrogens is 254 g/mol. The molecule has 0 aromatic heterocycles. The van der Waals surface area contributed by atoms with Crippen LogP contribution in [0, 0.1) is 20.8 Å². The zero-order chi connectivity index (χ0) is 15.0. The molecule has 0 fully saturated rings. The second-order valence-electron chi connectivity index (χ2n) is 5.25. The van der Waals surface area contributed by atoms with Gasteiger partial charge in [-0.25, -0.2) is 5.48 Å². The molecule has 0 aliphatic carbocycles. The van der Waals surface area contributed by atoms with E-state index in [0.29, 0.717) is 13.0 Å². The normalized spacial score (nSPS) is 10.4. The third kappa shape index (κ3) is 5.61. The van der Waals surface area contributed by atoms with E-state index < -0.39 is 0 Å². The summed E-state index contributed by atoms with van der Waals surface area (Å²) in [7, 11) is 0. The smallest absolute Gasteiger partial charge is 0.243 e. The first kappa shape index (κ1) is 16.5. The maximum absolute atomic E-state index is 10.8. The van der Waals surface area contributed by atoms with Crippen molar-refractivity contribution in [2.75, 3.05) is 6.61 Å². The molecule has 0 saturated carbocycles. The molecule has 0 bridgehead atoms. The number of carbonyl (C=O) groups excluding carboxylic acids is 1. The van der Waals surface area contributed by atoms with E-state index in [0.717, 1.165) is 31.4 Å². The first-order chi connectivity index (χ1) is 9.54. The molecule has 0 aliphatic heterocycles. The molecule has 0 saturated heterocycles. The summed E-state index contributed by atoms with van der Waals surface area (Å²) in [6, 6.07) is 4.24. The summed E-state index contributed by atoms with van der Waals surface area (Å²) >= 11 is 0. The predicted octanol–water partition coefficient (Wildman–Crippen LogP) is 3.45. The fourth-order valence-corrected chi connectivity index (χ4v) is 2.07. The molecule has 0 atom stereocenters. The molecule has 0 heterocycles. The van der Waals surface area contributed by atoms with Crippen LogP contribution in [0.4, 0.5) is 0 Å². The number of carbonyl (C=O) groups is 1. The Bertz CT molecular complexity index is 444. The Morgan fingerprint density at radius 2 is 1.70 bits per heavy atom. The fourth-order valence-electron chi connectivity index (χ4n) is 2.07. The van der Waals surface area contributed by atoms with Crippen LogP contribution in [-0.2, 0) is 4.79 Å². The molecule has 1 amide bonds. The van der Waals surface area contributed by atoms with Gasteiger partial charge in [0.05, 0.1) is 6.61 Å². The molecule has 1 rings (SSSR count). The largest absolute Gasteiger partial charge is 0.493 e. The van der Waals surface area contributed by atoms with Crippen molar-refractivity contribution in [2.45, 2.75) is 52.9 Å². The molecule has 0 aliphatic rings. The summed E-state index contributed by atoms with van der Waals surface area (Å²) in [6.07, 6.45) is 4.17. The average molecular weight is 279 g/mol. The minimum Gasteiger partial charge on any atom is -0.493 e. The van der Waals surface area contributed by atoms with Crippen molar-refractivity contribution >= 4 is 5.91 Å². The summed E-state index contributed by atoms with van der Waals surface area (Å²) in [6.45, 7) is 6.97. The Morgan fingerprint density at radius 1 is 1.05 bits per heavy atom. The molecule has 4 nitrogen and oxygen atoms in total. The molecule has 0 unspecified atom stereocenters. The SMILES string of the molecule is Cc1cc(C)c(OCCCCCCC(=O)NO)cc1C. The fraction of sp³-hybridized carbons (Fsp3) is 0.562. The Morgan fingerprint density at radius 3 is 2.40 bits per heavy atom.